The first-order valence-electron chi connectivity index (χ1n) is 4.05. The molecule has 1 atom stereocenters. The Kier molecular flexibility index (Phi) is 3.36. The van der Waals surface area contributed by atoms with E-state index in [1.165, 1.54) is 13.0 Å². The Morgan fingerprint density at radius 3 is 2.80 bits per heavy atom. The topological polar surface area (TPSA) is 72.5 Å². The maximum atomic E-state index is 12.9. The lowest BCUT2D eigenvalue weighted by atomic mass is 10.1. The number of carboxylic acid groups (broad SMARTS) is 1. The van der Waals surface area contributed by atoms with Crippen LogP contribution in [0.25, 0.3) is 0 Å². The molecule has 0 fully saturated rings. The molecule has 6 heteroatoms. The van der Waals surface area contributed by atoms with Crippen LogP contribution < -0.4 is 5.73 Å². The number of nitrogen functional groups attached to an aromatic ring is 1. The first kappa shape index (κ1) is 11.6. The summed E-state index contributed by atoms with van der Waals surface area (Å²) in [6.07, 6.45) is -2.22. The molecule has 0 spiro atoms. The monoisotopic (exact) mass is 233 g/mol. The summed E-state index contributed by atoms with van der Waals surface area (Å²) in [7, 11) is 0. The SMILES string of the molecule is CC(OC(=O)O)c1cc(N)c(F)cc1Cl. The Morgan fingerprint density at radius 2 is 2.27 bits per heavy atom. The molecular formula is C9H9ClFNO3. The number of carbonyl (C=O) groups is 1. The number of ether oxygens (including phenoxy) is 1. The molecule has 0 heterocycles. The third kappa shape index (κ3) is 2.73. The van der Waals surface area contributed by atoms with Gasteiger partial charge in [0, 0.05) is 5.56 Å². The molecule has 0 aliphatic heterocycles. The van der Waals surface area contributed by atoms with Crippen molar-refractivity contribution in [1.82, 2.24) is 0 Å². The second kappa shape index (κ2) is 4.35. The second-order valence-electron chi connectivity index (χ2n) is 2.92. The van der Waals surface area contributed by atoms with Crippen molar-refractivity contribution in [3.05, 3.63) is 28.5 Å². The summed E-state index contributed by atoms with van der Waals surface area (Å²) in [6, 6.07) is 2.28. The van der Waals surface area contributed by atoms with Gasteiger partial charge in [0.05, 0.1) is 10.7 Å². The first-order valence-corrected chi connectivity index (χ1v) is 4.43. The third-order valence-corrected chi connectivity index (χ3v) is 2.16. The number of benzene rings is 1. The van der Waals surface area contributed by atoms with E-state index < -0.39 is 18.1 Å². The van der Waals surface area contributed by atoms with E-state index >= 15 is 0 Å². The zero-order chi connectivity index (χ0) is 11.6. The summed E-state index contributed by atoms with van der Waals surface area (Å²) in [5.41, 5.74) is 5.55. The lowest BCUT2D eigenvalue weighted by molar-refractivity contribution is 0.0587. The summed E-state index contributed by atoms with van der Waals surface area (Å²) in [5, 5.41) is 8.47. The van der Waals surface area contributed by atoms with E-state index in [2.05, 4.69) is 4.74 Å². The minimum Gasteiger partial charge on any atom is -0.450 e. The van der Waals surface area contributed by atoms with Crippen LogP contribution in [0.4, 0.5) is 14.9 Å². The fourth-order valence-corrected chi connectivity index (χ4v) is 1.41. The van der Waals surface area contributed by atoms with Gasteiger partial charge in [-0.15, -0.1) is 0 Å². The zero-order valence-electron chi connectivity index (χ0n) is 7.83. The molecule has 3 N–H and O–H groups in total. The molecular weight excluding hydrogens is 225 g/mol. The zero-order valence-corrected chi connectivity index (χ0v) is 8.58. The van der Waals surface area contributed by atoms with Crippen molar-refractivity contribution in [1.29, 1.82) is 0 Å². The van der Waals surface area contributed by atoms with E-state index in [4.69, 9.17) is 22.4 Å². The highest BCUT2D eigenvalue weighted by molar-refractivity contribution is 6.31. The van der Waals surface area contributed by atoms with Crippen LogP contribution in [-0.4, -0.2) is 11.3 Å². The minimum atomic E-state index is -1.43. The maximum Gasteiger partial charge on any atom is 0.506 e. The van der Waals surface area contributed by atoms with Gasteiger partial charge in [-0.3, -0.25) is 0 Å². The van der Waals surface area contributed by atoms with E-state index in [9.17, 15) is 9.18 Å². The highest BCUT2D eigenvalue weighted by Gasteiger charge is 2.16. The van der Waals surface area contributed by atoms with Crippen molar-refractivity contribution in [3.63, 3.8) is 0 Å². The molecule has 82 valence electrons. The highest BCUT2D eigenvalue weighted by atomic mass is 35.5. The Labute approximate surface area is 90.4 Å². The minimum absolute atomic E-state index is 0.0791. The van der Waals surface area contributed by atoms with Crippen molar-refractivity contribution < 1.29 is 19.0 Å². The molecule has 0 aromatic heterocycles. The van der Waals surface area contributed by atoms with Crippen molar-refractivity contribution in [2.75, 3.05) is 5.73 Å². The predicted molar refractivity (Wildman–Crippen MR) is 53.3 cm³/mol. The molecule has 0 saturated heterocycles. The van der Waals surface area contributed by atoms with Crippen LogP contribution in [0, 0.1) is 5.82 Å². The summed E-state index contributed by atoms with van der Waals surface area (Å²) in [6.45, 7) is 1.48. The van der Waals surface area contributed by atoms with Crippen LogP contribution in [0.5, 0.6) is 0 Å². The normalized spacial score (nSPS) is 12.2. The van der Waals surface area contributed by atoms with Gasteiger partial charge in [0.15, 0.2) is 0 Å². The molecule has 0 radical (unpaired) electrons. The third-order valence-electron chi connectivity index (χ3n) is 1.83. The van der Waals surface area contributed by atoms with E-state index in [1.54, 1.807) is 0 Å². The molecule has 0 aliphatic carbocycles. The number of halogens is 2. The van der Waals surface area contributed by atoms with Gasteiger partial charge in [-0.2, -0.15) is 0 Å². The fourth-order valence-electron chi connectivity index (χ4n) is 1.11. The summed E-state index contributed by atoms with van der Waals surface area (Å²) in [5.74, 6) is -0.647. The lowest BCUT2D eigenvalue weighted by Gasteiger charge is -2.13. The molecule has 4 nitrogen and oxygen atoms in total. The van der Waals surface area contributed by atoms with Crippen LogP contribution in [0.2, 0.25) is 5.02 Å². The Hall–Kier alpha value is -1.49. The van der Waals surface area contributed by atoms with Gasteiger partial charge in [0.1, 0.15) is 11.9 Å². The van der Waals surface area contributed by atoms with Gasteiger partial charge in [-0.1, -0.05) is 11.6 Å². The van der Waals surface area contributed by atoms with Crippen LogP contribution in [-0.2, 0) is 4.74 Å². The van der Waals surface area contributed by atoms with Crippen LogP contribution >= 0.6 is 11.6 Å². The van der Waals surface area contributed by atoms with E-state index in [1.807, 2.05) is 0 Å². The smallest absolute Gasteiger partial charge is 0.450 e. The molecule has 0 amide bonds. The van der Waals surface area contributed by atoms with Gasteiger partial charge in [-0.25, -0.2) is 9.18 Å². The number of nitrogens with two attached hydrogens (primary N) is 1. The summed E-state index contributed by atoms with van der Waals surface area (Å²) >= 11 is 5.71. The Balaban J connectivity index is 3.03. The number of anilines is 1. The van der Waals surface area contributed by atoms with Gasteiger partial charge in [0.2, 0.25) is 0 Å². The van der Waals surface area contributed by atoms with E-state index in [0.29, 0.717) is 5.56 Å². The number of rotatable bonds is 2. The molecule has 1 rings (SSSR count). The van der Waals surface area contributed by atoms with Crippen LogP contribution in [0.1, 0.15) is 18.6 Å². The molecule has 1 aromatic rings. The van der Waals surface area contributed by atoms with Crippen molar-refractivity contribution in [3.8, 4) is 0 Å². The second-order valence-corrected chi connectivity index (χ2v) is 3.33. The Bertz CT molecular complexity index is 397. The molecule has 15 heavy (non-hydrogen) atoms. The summed E-state index contributed by atoms with van der Waals surface area (Å²) in [4.78, 5) is 10.3. The van der Waals surface area contributed by atoms with Gasteiger partial charge < -0.3 is 15.6 Å². The largest absolute Gasteiger partial charge is 0.506 e. The average molecular weight is 234 g/mol. The molecule has 0 bridgehead atoms. The molecule has 1 unspecified atom stereocenters. The maximum absolute atomic E-state index is 12.9. The van der Waals surface area contributed by atoms with Crippen molar-refractivity contribution in [2.24, 2.45) is 0 Å². The highest BCUT2D eigenvalue weighted by Crippen LogP contribution is 2.29. The molecule has 0 aliphatic rings. The summed E-state index contributed by atoms with van der Waals surface area (Å²) < 4.78 is 17.4. The van der Waals surface area contributed by atoms with Gasteiger partial charge in [-0.05, 0) is 19.1 Å². The standard InChI is InChI=1S/C9H9ClFNO3/c1-4(15-9(13)14)5-2-8(12)7(11)3-6(5)10/h2-4H,12H2,1H3,(H,13,14). The number of hydrogen-bond donors (Lipinski definition) is 2. The fraction of sp³-hybridized carbons (Fsp3) is 0.222. The number of hydrogen-bond acceptors (Lipinski definition) is 3. The van der Waals surface area contributed by atoms with E-state index in [-0.39, 0.29) is 10.7 Å². The quantitative estimate of drug-likeness (QED) is 0.609. The average Bonchev–Trinajstić information content (AvgIpc) is 2.09. The molecule has 1 aromatic carbocycles. The lowest BCUT2D eigenvalue weighted by Crippen LogP contribution is -2.07. The van der Waals surface area contributed by atoms with Crippen LogP contribution in [0.3, 0.4) is 0 Å². The molecule has 0 saturated carbocycles. The van der Waals surface area contributed by atoms with Crippen molar-refractivity contribution in [2.45, 2.75) is 13.0 Å². The van der Waals surface area contributed by atoms with Crippen LogP contribution in [0.15, 0.2) is 12.1 Å². The van der Waals surface area contributed by atoms with Crippen molar-refractivity contribution >= 4 is 23.4 Å². The van der Waals surface area contributed by atoms with Gasteiger partial charge >= 0.3 is 6.16 Å². The van der Waals surface area contributed by atoms with E-state index in [0.717, 1.165) is 6.07 Å². The first-order chi connectivity index (χ1) is 6.91. The van der Waals surface area contributed by atoms with Gasteiger partial charge in [0.25, 0.3) is 0 Å². The predicted octanol–water partition coefficient (Wildman–Crippen LogP) is 2.82. The Morgan fingerprint density at radius 1 is 1.67 bits per heavy atom.